The lowest BCUT2D eigenvalue weighted by molar-refractivity contribution is -0.136. The zero-order chi connectivity index (χ0) is 21.7. The molecule has 0 aliphatic carbocycles. The fourth-order valence-electron chi connectivity index (χ4n) is 4.28. The number of carbonyl (C=O) groups is 2. The maximum absolute atomic E-state index is 13.1. The monoisotopic (exact) mass is 455 g/mol. The van der Waals surface area contributed by atoms with Gasteiger partial charge in [-0.25, -0.2) is 8.42 Å². The van der Waals surface area contributed by atoms with Crippen LogP contribution in [0.15, 0.2) is 15.7 Å². The first-order chi connectivity index (χ1) is 14.4. The van der Waals surface area contributed by atoms with Gasteiger partial charge in [-0.3, -0.25) is 9.59 Å². The molecule has 3 heterocycles. The fourth-order valence-corrected chi connectivity index (χ4v) is 7.06. The van der Waals surface area contributed by atoms with Crippen molar-refractivity contribution in [2.24, 2.45) is 5.92 Å². The van der Waals surface area contributed by atoms with Gasteiger partial charge in [0.05, 0.1) is 5.56 Å². The van der Waals surface area contributed by atoms with Crippen LogP contribution in [0.5, 0.6) is 0 Å². The number of thiophene rings is 1. The molecule has 7 nitrogen and oxygen atoms in total. The van der Waals surface area contributed by atoms with Crippen LogP contribution in [-0.4, -0.2) is 73.6 Å². The number of rotatable bonds is 6. The van der Waals surface area contributed by atoms with Crippen LogP contribution in [0.25, 0.3) is 0 Å². The summed E-state index contributed by atoms with van der Waals surface area (Å²) in [7, 11) is -3.64. The molecule has 30 heavy (non-hydrogen) atoms. The van der Waals surface area contributed by atoms with E-state index in [1.165, 1.54) is 10.4 Å². The molecule has 2 fully saturated rings. The largest absolute Gasteiger partial charge is 0.343 e. The third-order valence-electron chi connectivity index (χ3n) is 6.19. The Morgan fingerprint density at radius 1 is 1.03 bits per heavy atom. The second kappa shape index (κ2) is 10.2. The summed E-state index contributed by atoms with van der Waals surface area (Å²) in [6.07, 6.45) is 5.36. The summed E-state index contributed by atoms with van der Waals surface area (Å²) in [5, 5.41) is 1.66. The first-order valence-corrected chi connectivity index (χ1v) is 13.4. The van der Waals surface area contributed by atoms with E-state index in [1.807, 2.05) is 23.6 Å². The maximum Gasteiger partial charge on any atom is 0.254 e. The number of carbonyl (C=O) groups excluding carboxylic acids is 2. The standard InChI is InChI=1S/C21H33N3O4S2/c1-3-22(4-2)20(25)17-9-13-24(14-10-17)30(27,28)19-15-18(16-29-19)21(26)23-11-7-5-6-8-12-23/h15-17H,3-14H2,1-2H3. The number of nitrogens with zero attached hydrogens (tertiary/aromatic N) is 3. The summed E-state index contributed by atoms with van der Waals surface area (Å²) in [6.45, 7) is 7.44. The molecule has 0 unspecified atom stereocenters. The molecular weight excluding hydrogens is 422 g/mol. The molecule has 2 amide bonds. The average molecular weight is 456 g/mol. The number of piperidine rings is 1. The first-order valence-electron chi connectivity index (χ1n) is 11.0. The number of hydrogen-bond acceptors (Lipinski definition) is 5. The summed E-state index contributed by atoms with van der Waals surface area (Å²) in [4.78, 5) is 29.0. The molecular formula is C21H33N3O4S2. The lowest BCUT2D eigenvalue weighted by atomic mass is 9.96. The van der Waals surface area contributed by atoms with Crippen LogP contribution in [-0.2, 0) is 14.8 Å². The highest BCUT2D eigenvalue weighted by molar-refractivity contribution is 7.91. The summed E-state index contributed by atoms with van der Waals surface area (Å²) >= 11 is 1.11. The van der Waals surface area contributed by atoms with Gasteiger partial charge in [0.2, 0.25) is 5.91 Å². The van der Waals surface area contributed by atoms with Crippen LogP contribution >= 0.6 is 11.3 Å². The molecule has 0 saturated carbocycles. The van der Waals surface area contributed by atoms with Crippen molar-refractivity contribution in [1.82, 2.24) is 14.1 Å². The molecule has 9 heteroatoms. The fraction of sp³-hybridized carbons (Fsp3) is 0.714. The van der Waals surface area contributed by atoms with E-state index >= 15 is 0 Å². The Labute approximate surface area is 184 Å². The average Bonchev–Trinajstić information content (AvgIpc) is 3.11. The van der Waals surface area contributed by atoms with Crippen molar-refractivity contribution in [1.29, 1.82) is 0 Å². The van der Waals surface area contributed by atoms with Crippen LogP contribution in [0.4, 0.5) is 0 Å². The van der Waals surface area contributed by atoms with Gasteiger partial charge in [0.15, 0.2) is 0 Å². The van der Waals surface area contributed by atoms with E-state index in [9.17, 15) is 18.0 Å². The van der Waals surface area contributed by atoms with Crippen LogP contribution in [0.3, 0.4) is 0 Å². The first kappa shape index (κ1) is 23.2. The summed E-state index contributed by atoms with van der Waals surface area (Å²) in [5.41, 5.74) is 0.465. The Kier molecular flexibility index (Phi) is 7.92. The van der Waals surface area contributed by atoms with E-state index in [1.54, 1.807) is 5.38 Å². The van der Waals surface area contributed by atoms with E-state index in [4.69, 9.17) is 0 Å². The van der Waals surface area contributed by atoms with Gasteiger partial charge in [-0.05, 0) is 45.6 Å². The van der Waals surface area contributed by atoms with Crippen LogP contribution in [0, 0.1) is 5.92 Å². The molecule has 0 spiro atoms. The molecule has 0 bridgehead atoms. The topological polar surface area (TPSA) is 78.0 Å². The Bertz CT molecular complexity index is 832. The number of hydrogen-bond donors (Lipinski definition) is 0. The molecule has 3 rings (SSSR count). The Morgan fingerprint density at radius 3 is 2.20 bits per heavy atom. The van der Waals surface area contributed by atoms with E-state index in [0.29, 0.717) is 44.6 Å². The van der Waals surface area contributed by atoms with Gasteiger partial charge in [-0.2, -0.15) is 4.31 Å². The van der Waals surface area contributed by atoms with Gasteiger partial charge < -0.3 is 9.80 Å². The van der Waals surface area contributed by atoms with Gasteiger partial charge in [-0.1, -0.05) is 12.8 Å². The second-order valence-corrected chi connectivity index (χ2v) is 11.1. The van der Waals surface area contributed by atoms with E-state index in [-0.39, 0.29) is 21.9 Å². The molecule has 0 radical (unpaired) electrons. The molecule has 0 aromatic carbocycles. The number of likely N-dealkylation sites (tertiary alicyclic amines) is 1. The highest BCUT2D eigenvalue weighted by Gasteiger charge is 2.34. The van der Waals surface area contributed by atoms with Gasteiger partial charge in [0.1, 0.15) is 4.21 Å². The van der Waals surface area contributed by atoms with E-state index in [2.05, 4.69) is 0 Å². The smallest absolute Gasteiger partial charge is 0.254 e. The van der Waals surface area contributed by atoms with Gasteiger partial charge in [0, 0.05) is 50.6 Å². The lowest BCUT2D eigenvalue weighted by Gasteiger charge is -2.32. The zero-order valence-corrected chi connectivity index (χ0v) is 19.6. The number of sulfonamides is 1. The van der Waals surface area contributed by atoms with E-state index in [0.717, 1.165) is 50.1 Å². The van der Waals surface area contributed by atoms with Crippen molar-refractivity contribution in [2.75, 3.05) is 39.3 Å². The summed E-state index contributed by atoms with van der Waals surface area (Å²) < 4.78 is 27.9. The SMILES string of the molecule is CCN(CC)C(=O)C1CCN(S(=O)(=O)c2cc(C(=O)N3CCCCCC3)cs2)CC1. The highest BCUT2D eigenvalue weighted by Crippen LogP contribution is 2.29. The van der Waals surface area contributed by atoms with Crippen LogP contribution in [0.2, 0.25) is 0 Å². The van der Waals surface area contributed by atoms with Gasteiger partial charge >= 0.3 is 0 Å². The second-order valence-electron chi connectivity index (χ2n) is 8.05. The molecule has 1 aromatic heterocycles. The molecule has 2 aliphatic heterocycles. The maximum atomic E-state index is 13.1. The Morgan fingerprint density at radius 2 is 1.63 bits per heavy atom. The predicted octanol–water partition coefficient (Wildman–Crippen LogP) is 3.03. The Hall–Kier alpha value is -1.45. The van der Waals surface area contributed by atoms with Crippen LogP contribution in [0.1, 0.15) is 62.7 Å². The molecule has 0 atom stereocenters. The molecule has 1 aromatic rings. The normalized spacial score (nSPS) is 19.5. The summed E-state index contributed by atoms with van der Waals surface area (Å²) in [5.74, 6) is -0.0588. The van der Waals surface area contributed by atoms with Crippen molar-refractivity contribution in [3.8, 4) is 0 Å². The predicted molar refractivity (Wildman–Crippen MR) is 118 cm³/mol. The molecule has 2 saturated heterocycles. The summed E-state index contributed by atoms with van der Waals surface area (Å²) in [6, 6.07) is 1.53. The number of amides is 2. The van der Waals surface area contributed by atoms with Crippen LogP contribution < -0.4 is 0 Å². The van der Waals surface area contributed by atoms with Crippen molar-refractivity contribution in [2.45, 2.75) is 56.6 Å². The Balaban J connectivity index is 1.64. The quantitative estimate of drug-likeness (QED) is 0.661. The van der Waals surface area contributed by atoms with Crippen molar-refractivity contribution in [3.63, 3.8) is 0 Å². The van der Waals surface area contributed by atoms with E-state index < -0.39 is 10.0 Å². The minimum absolute atomic E-state index is 0.0712. The lowest BCUT2D eigenvalue weighted by Crippen LogP contribution is -2.44. The minimum Gasteiger partial charge on any atom is -0.343 e. The molecule has 2 aliphatic rings. The third kappa shape index (κ3) is 5.06. The molecule has 168 valence electrons. The highest BCUT2D eigenvalue weighted by atomic mass is 32.2. The van der Waals surface area contributed by atoms with Crippen molar-refractivity contribution < 1.29 is 18.0 Å². The third-order valence-corrected chi connectivity index (χ3v) is 9.50. The van der Waals surface area contributed by atoms with Crippen molar-refractivity contribution >= 4 is 33.2 Å². The van der Waals surface area contributed by atoms with Gasteiger partial charge in [0.25, 0.3) is 15.9 Å². The minimum atomic E-state index is -3.64. The van der Waals surface area contributed by atoms with Gasteiger partial charge in [-0.15, -0.1) is 11.3 Å². The van der Waals surface area contributed by atoms with Crippen molar-refractivity contribution in [3.05, 3.63) is 17.0 Å². The zero-order valence-electron chi connectivity index (χ0n) is 18.0. The molecule has 0 N–H and O–H groups in total.